The minimum absolute atomic E-state index is 0. The molecule has 12 rings (SSSR count). The van der Waals surface area contributed by atoms with E-state index < -0.39 is 25.5 Å². The summed E-state index contributed by atoms with van der Waals surface area (Å²) in [5, 5.41) is 32.4. The molecule has 0 saturated carbocycles. The van der Waals surface area contributed by atoms with E-state index in [0.29, 0.717) is 4.88 Å². The van der Waals surface area contributed by atoms with Gasteiger partial charge >= 0.3 is 0 Å². The summed E-state index contributed by atoms with van der Waals surface area (Å²) in [6.45, 7) is 39.3. The van der Waals surface area contributed by atoms with E-state index in [2.05, 4.69) is 97.5 Å². The maximum atomic E-state index is 13.1. The molecule has 0 spiro atoms. The molecule has 0 unspecified atom stereocenters. The summed E-state index contributed by atoms with van der Waals surface area (Å²) in [7, 11) is 0. The van der Waals surface area contributed by atoms with Gasteiger partial charge in [0.25, 0.3) is 0 Å². The Morgan fingerprint density at radius 1 is 0.389 bits per heavy atom. The zero-order valence-corrected chi connectivity index (χ0v) is 87.3. The van der Waals surface area contributed by atoms with Gasteiger partial charge in [0.2, 0.25) is 0 Å². The molecule has 16 heteroatoms. The van der Waals surface area contributed by atoms with Gasteiger partial charge in [-0.05, 0) is 205 Å². The zero-order valence-electron chi connectivity index (χ0n) is 85.6. The summed E-state index contributed by atoms with van der Waals surface area (Å²) >= 11 is 4.70. The van der Waals surface area contributed by atoms with E-state index in [1.54, 1.807) is 28.9 Å². The zero-order chi connectivity index (χ0) is 97.3. The molecule has 0 amide bonds. The maximum Gasteiger partial charge on any atom is 0.162 e. The number of aryl methyl sites for hydroxylation is 8. The third-order valence-electron chi connectivity index (χ3n) is 22.6. The first-order valence-electron chi connectivity index (χ1n) is 47.8. The quantitative estimate of drug-likeness (QED) is 0.0236. The number of halogens is 1. The normalized spacial score (nSPS) is 12.8. The van der Waals surface area contributed by atoms with Crippen molar-refractivity contribution in [3.05, 3.63) is 267 Å². The van der Waals surface area contributed by atoms with E-state index in [-0.39, 0.29) is 153 Å². The van der Waals surface area contributed by atoms with Crippen LogP contribution in [0.5, 0.6) is 0 Å². The van der Waals surface area contributed by atoms with Crippen LogP contribution in [0.25, 0.3) is 95.4 Å². The van der Waals surface area contributed by atoms with E-state index in [1.165, 1.54) is 71.0 Å². The Labute approximate surface area is 818 Å². The van der Waals surface area contributed by atoms with Crippen LogP contribution in [0.1, 0.15) is 266 Å². The molecule has 6 aromatic carbocycles. The number of hydrogen-bond acceptors (Lipinski definition) is 12. The molecule has 0 aliphatic rings. The molecule has 0 fully saturated rings. The van der Waals surface area contributed by atoms with Gasteiger partial charge in [-0.15, -0.1) is 139 Å². The molecule has 681 valence electrons. The molecule has 6 heterocycles. The fourth-order valence-electron chi connectivity index (χ4n) is 15.2. The molecule has 6 aromatic heterocycles. The second-order valence-corrected chi connectivity index (χ2v) is 35.6. The van der Waals surface area contributed by atoms with Crippen molar-refractivity contribution < 1.29 is 105 Å². The first-order chi connectivity index (χ1) is 61.7. The van der Waals surface area contributed by atoms with Crippen LogP contribution in [0.4, 0.5) is 4.39 Å². The number of benzene rings is 6. The van der Waals surface area contributed by atoms with Crippen molar-refractivity contribution >= 4 is 81.6 Å². The molecule has 3 N–H and O–H groups in total. The fourth-order valence-corrected chi connectivity index (χ4v) is 18.4. The minimum Gasteiger partial charge on any atom is -0.512 e. The number of aromatic nitrogens is 3. The molecule has 12 aromatic rings. The first kappa shape index (κ1) is 97.2. The van der Waals surface area contributed by atoms with Crippen LogP contribution < -0.4 is 0 Å². The SMILES string of the molecule is CCC(CC)C(=O)C=C(O)C(CC)CC.CCC(CC)C(=O)C=C(O)C(CC)CC.CCC(CC)C(=O)C=C(O)C(CC)CC.Cc1[c-]c(-c2cc3cc(-c4ccc(F)cc4)sc3cn2)cc(C)c1.[2H]C(C)(C)c1cccc(C([2H])(C)C)c1-c1cc2cc(-c3[c-]c(C)cc(C)c3)ncc2s1.[2H]C([2H])([2H])c1cccc(C([2H])([2H])[2H])c1-c1cc2cc(-c3[c-]c(C)cc(C)c3)ncc2s1.[Ir].[Ir].[Ir]. The number of nitrogens with zero attached hydrogens (tertiary/aromatic N) is 3. The third-order valence-corrected chi connectivity index (χ3v) is 25.9. The summed E-state index contributed by atoms with van der Waals surface area (Å²) < 4.78 is 81.2. The van der Waals surface area contributed by atoms with Gasteiger partial charge in [0.1, 0.15) is 5.82 Å². The van der Waals surface area contributed by atoms with Crippen molar-refractivity contribution in [2.45, 2.75) is 255 Å². The number of aliphatic hydroxyl groups excluding tert-OH is 3. The Hall–Kier alpha value is -7.84. The number of fused-ring (bicyclic) bond motifs is 3. The van der Waals surface area contributed by atoms with Crippen molar-refractivity contribution in [3.63, 3.8) is 0 Å². The minimum atomic E-state index is -2.43. The molecular formula is C110H135FIr3N3O6S3-3. The van der Waals surface area contributed by atoms with Crippen LogP contribution >= 0.6 is 34.0 Å². The number of carbonyl (C=O) groups is 3. The van der Waals surface area contributed by atoms with Gasteiger partial charge in [-0.1, -0.05) is 219 Å². The van der Waals surface area contributed by atoms with Gasteiger partial charge < -0.3 is 30.3 Å². The second kappa shape index (κ2) is 54.6. The average molecular weight is 2300 g/mol. The van der Waals surface area contributed by atoms with Crippen LogP contribution in [-0.2, 0) is 74.7 Å². The number of allylic oxidation sites excluding steroid dienone is 6. The predicted octanol–water partition coefficient (Wildman–Crippen LogP) is 32.7. The summed E-state index contributed by atoms with van der Waals surface area (Å²) in [5.41, 5.74) is 16.6. The third kappa shape index (κ3) is 31.5. The monoisotopic (exact) mass is 2300 g/mol. The maximum absolute atomic E-state index is 13.1. The summed E-state index contributed by atoms with van der Waals surface area (Å²) in [5.74, 6) is -0.0911. The van der Waals surface area contributed by atoms with Gasteiger partial charge in [-0.3, -0.25) is 14.4 Å². The van der Waals surface area contributed by atoms with Crippen molar-refractivity contribution in [2.75, 3.05) is 0 Å². The number of hydrogen-bond donors (Lipinski definition) is 3. The van der Waals surface area contributed by atoms with E-state index in [1.807, 2.05) is 199 Å². The van der Waals surface area contributed by atoms with E-state index >= 15 is 0 Å². The first-order valence-corrected chi connectivity index (χ1v) is 46.3. The van der Waals surface area contributed by atoms with Crippen molar-refractivity contribution in [1.29, 1.82) is 0 Å². The molecule has 9 nitrogen and oxygen atoms in total. The topological polar surface area (TPSA) is 151 Å². The smallest absolute Gasteiger partial charge is 0.162 e. The Balaban J connectivity index is 0.000000345. The van der Waals surface area contributed by atoms with E-state index in [4.69, 9.17) is 16.0 Å². The predicted molar refractivity (Wildman–Crippen MR) is 526 cm³/mol. The number of rotatable bonds is 29. The van der Waals surface area contributed by atoms with Crippen molar-refractivity contribution in [3.8, 4) is 65.1 Å². The average Bonchev–Trinajstić information content (AvgIpc) is 1.53. The molecule has 0 atom stereocenters. The van der Waals surface area contributed by atoms with Crippen LogP contribution in [0.15, 0.2) is 188 Å². The Morgan fingerprint density at radius 3 is 0.944 bits per heavy atom. The van der Waals surface area contributed by atoms with Gasteiger partial charge in [0.15, 0.2) is 17.3 Å². The number of thiophene rings is 3. The summed E-state index contributed by atoms with van der Waals surface area (Å²) in [4.78, 5) is 51.8. The fraction of sp³-hybridized carbons (Fsp3) is 0.400. The number of ketones is 3. The van der Waals surface area contributed by atoms with Gasteiger partial charge in [0, 0.05) is 158 Å². The Morgan fingerprint density at radius 2 is 0.667 bits per heavy atom. The van der Waals surface area contributed by atoms with Crippen LogP contribution in [-0.4, -0.2) is 47.6 Å². The van der Waals surface area contributed by atoms with Crippen molar-refractivity contribution in [1.82, 2.24) is 15.0 Å². The molecule has 0 aliphatic carbocycles. The summed E-state index contributed by atoms with van der Waals surface area (Å²) in [6, 6.07) is 52.1. The van der Waals surface area contributed by atoms with Crippen LogP contribution in [0.3, 0.4) is 0 Å². The molecule has 0 saturated heterocycles. The number of pyridine rings is 3. The number of aliphatic hydroxyl groups is 3. The summed E-state index contributed by atoms with van der Waals surface area (Å²) in [6.07, 6.45) is 20.3. The second-order valence-electron chi connectivity index (χ2n) is 32.4. The Bertz CT molecular complexity index is 5480. The standard InChI is InChI=1S/C27H28NS.C23H20NS.C21H15FNS.3C13H24O2.3Ir/c1-16(2)22-8-7-9-23(17(3)4)27(22)25-14-21-13-24(28-15-26(21)29-25)20-11-18(5)10-19(6)12-20;1-14-8-15(2)10-18(9-14)20-11-19-12-21(25-22(19)13-24-20)23-16(3)6-5-7-17(23)4;1-13-7-14(2)9-16(8-13)19-10-17-11-20(24-21(17)12-23-19)15-3-5-18(22)6-4-15;3*1-5-10(6-2)12(14)9-13(15)11(7-3)8-4;;;/h7-11,13-17H,1-6H3;5-9,11-13H,1-4H3;3-8,10-12H,1-2H3;3*9-11,14H,5-8H2,1-4H3;;;/q3*-1;;;;;;/i16D,17D;3D3,4D3;;;;;;;. The van der Waals surface area contributed by atoms with E-state index in [0.717, 1.165) is 195 Å². The van der Waals surface area contributed by atoms with Gasteiger partial charge in [-0.2, -0.15) is 0 Å². The molecule has 126 heavy (non-hydrogen) atoms. The van der Waals surface area contributed by atoms with Crippen LogP contribution in [0.2, 0.25) is 0 Å². The molecule has 3 radical (unpaired) electrons. The van der Waals surface area contributed by atoms with Crippen molar-refractivity contribution in [2.24, 2.45) is 35.5 Å². The molecular weight excluding hydrogens is 2150 g/mol. The van der Waals surface area contributed by atoms with Gasteiger partial charge in [0.05, 0.1) is 31.4 Å². The molecule has 0 bridgehead atoms. The molecule has 0 aliphatic heterocycles. The van der Waals surface area contributed by atoms with Gasteiger partial charge in [-0.25, -0.2) is 4.39 Å². The van der Waals surface area contributed by atoms with Crippen LogP contribution in [0, 0.1) is 115 Å². The van der Waals surface area contributed by atoms with E-state index in [9.17, 15) is 34.1 Å². The Kier molecular flexibility index (Phi) is 42.1. The largest absolute Gasteiger partial charge is 0.512 e. The number of carbonyl (C=O) groups excluding carboxylic acids is 3.